The van der Waals surface area contributed by atoms with Crippen molar-refractivity contribution in [2.75, 3.05) is 26.2 Å². The van der Waals surface area contributed by atoms with E-state index in [1.807, 2.05) is 72.8 Å². The molecule has 1 N–H and O–H groups in total. The van der Waals surface area contributed by atoms with Crippen molar-refractivity contribution < 1.29 is 14.3 Å². The summed E-state index contributed by atoms with van der Waals surface area (Å²) in [7, 11) is 0. The average Bonchev–Trinajstić information content (AvgIpc) is 2.90. The Labute approximate surface area is 201 Å². The van der Waals surface area contributed by atoms with Gasteiger partial charge in [0.2, 0.25) is 0 Å². The summed E-state index contributed by atoms with van der Waals surface area (Å²) in [5, 5.41) is 3.43. The number of nitrogens with zero attached hydrogens (tertiary/aromatic N) is 1. The van der Waals surface area contributed by atoms with Gasteiger partial charge in [0.05, 0.1) is 18.7 Å². The van der Waals surface area contributed by atoms with Crippen LogP contribution >= 0.6 is 0 Å². The van der Waals surface area contributed by atoms with Crippen LogP contribution < -0.4 is 5.32 Å². The Hall–Kier alpha value is -3.86. The minimum absolute atomic E-state index is 0.0789. The van der Waals surface area contributed by atoms with Gasteiger partial charge in [-0.2, -0.15) is 0 Å². The first-order valence-electron chi connectivity index (χ1n) is 11.8. The number of ether oxygens (including phenoxy) is 1. The molecule has 0 unspecified atom stereocenters. The van der Waals surface area contributed by atoms with Crippen molar-refractivity contribution in [1.29, 1.82) is 0 Å². The Balaban J connectivity index is 1.45. The third-order valence-electron chi connectivity index (χ3n) is 5.99. The van der Waals surface area contributed by atoms with Crippen LogP contribution in [0.15, 0.2) is 96.2 Å². The summed E-state index contributed by atoms with van der Waals surface area (Å²) in [4.78, 5) is 27.6. The fourth-order valence-electron chi connectivity index (χ4n) is 4.16. The highest BCUT2D eigenvalue weighted by Crippen LogP contribution is 2.23. The topological polar surface area (TPSA) is 58.6 Å². The van der Waals surface area contributed by atoms with Gasteiger partial charge in [0.1, 0.15) is 0 Å². The van der Waals surface area contributed by atoms with E-state index in [9.17, 15) is 9.59 Å². The zero-order chi connectivity index (χ0) is 23.8. The van der Waals surface area contributed by atoms with E-state index in [0.717, 1.165) is 29.8 Å². The zero-order valence-electron chi connectivity index (χ0n) is 19.5. The maximum Gasteiger partial charge on any atom is 0.337 e. The number of carbonyl (C=O) groups excluding carboxylic acids is 2. The normalized spacial score (nSPS) is 13.5. The van der Waals surface area contributed by atoms with Crippen LogP contribution in [-0.4, -0.2) is 43.0 Å². The number of benzene rings is 3. The third-order valence-corrected chi connectivity index (χ3v) is 5.99. The molecular formula is C29H30N2O3. The van der Waals surface area contributed by atoms with E-state index in [2.05, 4.69) is 17.4 Å². The highest BCUT2D eigenvalue weighted by Gasteiger charge is 2.28. The largest absolute Gasteiger partial charge is 0.463 e. The van der Waals surface area contributed by atoms with Crippen molar-refractivity contribution in [3.05, 3.63) is 107 Å². The van der Waals surface area contributed by atoms with Gasteiger partial charge < -0.3 is 15.0 Å². The van der Waals surface area contributed by atoms with Crippen molar-refractivity contribution in [3.8, 4) is 11.1 Å². The van der Waals surface area contributed by atoms with Gasteiger partial charge in [-0.3, -0.25) is 4.79 Å². The molecule has 0 atom stereocenters. The molecule has 0 aliphatic carbocycles. The monoisotopic (exact) mass is 454 g/mol. The summed E-state index contributed by atoms with van der Waals surface area (Å²) in [6, 6.07) is 27.9. The lowest BCUT2D eigenvalue weighted by molar-refractivity contribution is -0.138. The summed E-state index contributed by atoms with van der Waals surface area (Å²) in [6.45, 7) is 3.61. The Bertz CT molecular complexity index is 1140. The van der Waals surface area contributed by atoms with Crippen molar-refractivity contribution in [1.82, 2.24) is 10.2 Å². The Morgan fingerprint density at radius 2 is 1.53 bits per heavy atom. The summed E-state index contributed by atoms with van der Waals surface area (Å²) < 4.78 is 5.30. The van der Waals surface area contributed by atoms with Crippen LogP contribution in [0.1, 0.15) is 29.3 Å². The maximum atomic E-state index is 13.2. The third kappa shape index (κ3) is 5.73. The van der Waals surface area contributed by atoms with E-state index in [4.69, 9.17) is 4.74 Å². The van der Waals surface area contributed by atoms with Gasteiger partial charge in [-0.1, -0.05) is 72.8 Å². The predicted molar refractivity (Wildman–Crippen MR) is 134 cm³/mol. The summed E-state index contributed by atoms with van der Waals surface area (Å²) in [6.07, 6.45) is 1.45. The number of amides is 1. The lowest BCUT2D eigenvalue weighted by atomic mass is 10.0. The molecule has 0 saturated heterocycles. The van der Waals surface area contributed by atoms with Gasteiger partial charge in [0, 0.05) is 30.8 Å². The van der Waals surface area contributed by atoms with Crippen LogP contribution in [0.5, 0.6) is 0 Å². The number of rotatable bonds is 8. The first kappa shape index (κ1) is 23.3. The second-order valence-electron chi connectivity index (χ2n) is 8.26. The van der Waals surface area contributed by atoms with Crippen LogP contribution in [-0.2, 0) is 16.0 Å². The number of hydrogen-bond donors (Lipinski definition) is 1. The van der Waals surface area contributed by atoms with Gasteiger partial charge in [-0.05, 0) is 42.2 Å². The number of hydrogen-bond acceptors (Lipinski definition) is 4. The van der Waals surface area contributed by atoms with Gasteiger partial charge in [0.25, 0.3) is 5.91 Å². The SMILES string of the molecule is CCOC(=O)C1=C(NCCc2ccccc2)CCN(C(=O)c2ccc(-c3ccccc3)cc2)C1. The summed E-state index contributed by atoms with van der Waals surface area (Å²) in [5.74, 6) is -0.439. The van der Waals surface area contributed by atoms with Crippen molar-refractivity contribution >= 4 is 11.9 Å². The molecule has 0 aromatic heterocycles. The number of esters is 1. The molecule has 5 nitrogen and oxygen atoms in total. The molecule has 34 heavy (non-hydrogen) atoms. The van der Waals surface area contributed by atoms with E-state index in [0.29, 0.717) is 30.7 Å². The van der Waals surface area contributed by atoms with Gasteiger partial charge in [0.15, 0.2) is 0 Å². The van der Waals surface area contributed by atoms with Crippen molar-refractivity contribution in [3.63, 3.8) is 0 Å². The van der Waals surface area contributed by atoms with E-state index in [-0.39, 0.29) is 18.4 Å². The van der Waals surface area contributed by atoms with E-state index in [1.165, 1.54) is 5.56 Å². The van der Waals surface area contributed by atoms with Gasteiger partial charge in [-0.25, -0.2) is 4.79 Å². The van der Waals surface area contributed by atoms with Crippen LogP contribution in [0.2, 0.25) is 0 Å². The molecule has 0 fully saturated rings. The van der Waals surface area contributed by atoms with Gasteiger partial charge in [-0.15, -0.1) is 0 Å². The quantitative estimate of drug-likeness (QED) is 0.495. The first-order chi connectivity index (χ1) is 16.7. The summed E-state index contributed by atoms with van der Waals surface area (Å²) >= 11 is 0. The van der Waals surface area contributed by atoms with Crippen molar-refractivity contribution in [2.24, 2.45) is 0 Å². The molecule has 1 aliphatic heterocycles. The molecule has 1 aliphatic rings. The van der Waals surface area contributed by atoms with E-state index in [1.54, 1.807) is 11.8 Å². The van der Waals surface area contributed by atoms with Gasteiger partial charge >= 0.3 is 5.97 Å². The molecule has 0 saturated carbocycles. The van der Waals surface area contributed by atoms with Crippen LogP contribution in [0.4, 0.5) is 0 Å². The Morgan fingerprint density at radius 3 is 2.21 bits per heavy atom. The van der Waals surface area contributed by atoms with Crippen LogP contribution in [0.25, 0.3) is 11.1 Å². The van der Waals surface area contributed by atoms with E-state index < -0.39 is 0 Å². The Morgan fingerprint density at radius 1 is 0.882 bits per heavy atom. The first-order valence-corrected chi connectivity index (χ1v) is 11.8. The molecule has 1 amide bonds. The number of nitrogens with one attached hydrogen (secondary N) is 1. The fraction of sp³-hybridized carbons (Fsp3) is 0.241. The molecule has 3 aromatic carbocycles. The molecule has 0 radical (unpaired) electrons. The molecule has 0 spiro atoms. The molecular weight excluding hydrogens is 424 g/mol. The van der Waals surface area contributed by atoms with Crippen LogP contribution in [0.3, 0.4) is 0 Å². The standard InChI is InChI=1S/C29H30N2O3/c1-2-34-29(33)26-21-31(20-18-27(26)30-19-17-22-9-5-3-6-10-22)28(32)25-15-13-24(14-16-25)23-11-7-4-8-12-23/h3-16,30H,2,17-21H2,1H3. The minimum Gasteiger partial charge on any atom is -0.463 e. The fourth-order valence-corrected chi connectivity index (χ4v) is 4.16. The molecule has 5 heteroatoms. The lowest BCUT2D eigenvalue weighted by Crippen LogP contribution is -2.41. The van der Waals surface area contributed by atoms with Crippen molar-refractivity contribution in [2.45, 2.75) is 19.8 Å². The second-order valence-corrected chi connectivity index (χ2v) is 8.26. The second kappa shape index (κ2) is 11.3. The Kier molecular flexibility index (Phi) is 7.76. The maximum absolute atomic E-state index is 13.2. The predicted octanol–water partition coefficient (Wildman–Crippen LogP) is 4.85. The zero-order valence-corrected chi connectivity index (χ0v) is 19.5. The highest BCUT2D eigenvalue weighted by atomic mass is 16.5. The minimum atomic E-state index is -0.360. The molecule has 4 rings (SSSR count). The lowest BCUT2D eigenvalue weighted by Gasteiger charge is -2.30. The molecule has 1 heterocycles. The van der Waals surface area contributed by atoms with E-state index >= 15 is 0 Å². The highest BCUT2D eigenvalue weighted by molar-refractivity contribution is 5.97. The molecule has 0 bridgehead atoms. The summed E-state index contributed by atoms with van der Waals surface area (Å²) in [5.41, 5.74) is 5.43. The van der Waals surface area contributed by atoms with Crippen LogP contribution in [0, 0.1) is 0 Å². The average molecular weight is 455 g/mol. The smallest absolute Gasteiger partial charge is 0.337 e. The number of carbonyl (C=O) groups is 2. The molecule has 3 aromatic rings. The molecule has 174 valence electrons.